The van der Waals surface area contributed by atoms with Crippen molar-refractivity contribution in [2.24, 2.45) is 23.5 Å². The van der Waals surface area contributed by atoms with Gasteiger partial charge in [-0.15, -0.1) is 24.8 Å². The van der Waals surface area contributed by atoms with Crippen LogP contribution in [0.2, 0.25) is 0 Å². The van der Waals surface area contributed by atoms with E-state index in [4.69, 9.17) is 5.73 Å². The molecule has 1 amide bonds. The molecular weight excluding hydrogens is 321 g/mol. The average Bonchev–Trinajstić information content (AvgIpc) is 2.42. The van der Waals surface area contributed by atoms with E-state index < -0.39 is 0 Å². The van der Waals surface area contributed by atoms with E-state index in [0.717, 1.165) is 12.5 Å². The Morgan fingerprint density at radius 3 is 2.18 bits per heavy atom. The van der Waals surface area contributed by atoms with Gasteiger partial charge in [-0.25, -0.2) is 0 Å². The molecule has 2 unspecified atom stereocenters. The van der Waals surface area contributed by atoms with E-state index in [0.29, 0.717) is 5.92 Å². The van der Waals surface area contributed by atoms with Crippen LogP contribution in [0, 0.1) is 17.8 Å². The fraction of sp³-hybridized carbons (Fsp3) is 0.938. The van der Waals surface area contributed by atoms with E-state index in [1.54, 1.807) is 0 Å². The van der Waals surface area contributed by atoms with Crippen LogP contribution in [0.15, 0.2) is 0 Å². The van der Waals surface area contributed by atoms with Crippen LogP contribution in [0.25, 0.3) is 0 Å². The predicted molar refractivity (Wildman–Crippen MR) is 98.9 cm³/mol. The van der Waals surface area contributed by atoms with Gasteiger partial charge >= 0.3 is 0 Å². The summed E-state index contributed by atoms with van der Waals surface area (Å²) in [6.45, 7) is 12.7. The fourth-order valence-corrected chi connectivity index (χ4v) is 2.50. The molecule has 1 heterocycles. The van der Waals surface area contributed by atoms with Gasteiger partial charge in [0.2, 0.25) is 5.91 Å². The first-order valence-corrected chi connectivity index (χ1v) is 8.15. The zero-order chi connectivity index (χ0) is 15.1. The Bertz CT molecular complexity index is 293. The molecule has 0 radical (unpaired) electrons. The molecule has 2 atom stereocenters. The van der Waals surface area contributed by atoms with Gasteiger partial charge in [-0.05, 0) is 57.7 Å². The zero-order valence-electron chi connectivity index (χ0n) is 14.5. The third-order valence-corrected chi connectivity index (χ3v) is 4.50. The summed E-state index contributed by atoms with van der Waals surface area (Å²) in [4.78, 5) is 14.4. The monoisotopic (exact) mass is 355 g/mol. The molecule has 0 aromatic carbocycles. The van der Waals surface area contributed by atoms with Gasteiger partial charge in [0.1, 0.15) is 0 Å². The summed E-state index contributed by atoms with van der Waals surface area (Å²) in [5.74, 6) is 1.42. The minimum Gasteiger partial charge on any atom is -0.356 e. The first-order valence-electron chi connectivity index (χ1n) is 8.15. The van der Waals surface area contributed by atoms with Gasteiger partial charge in [-0.2, -0.15) is 0 Å². The number of hydrogen-bond acceptors (Lipinski definition) is 3. The molecule has 4 nitrogen and oxygen atoms in total. The van der Waals surface area contributed by atoms with E-state index in [9.17, 15) is 4.79 Å². The molecule has 1 aliphatic rings. The van der Waals surface area contributed by atoms with E-state index in [-0.39, 0.29) is 42.7 Å². The number of carbonyl (C=O) groups excluding carboxylic acids is 1. The summed E-state index contributed by atoms with van der Waals surface area (Å²) in [6.07, 6.45) is 3.68. The molecule has 0 bridgehead atoms. The van der Waals surface area contributed by atoms with Crippen LogP contribution in [0.3, 0.4) is 0 Å². The van der Waals surface area contributed by atoms with Gasteiger partial charge in [0, 0.05) is 18.5 Å². The van der Waals surface area contributed by atoms with Gasteiger partial charge in [0.05, 0.1) is 0 Å². The molecule has 0 saturated carbocycles. The Hall–Kier alpha value is -0.0300. The number of halogens is 2. The Morgan fingerprint density at radius 2 is 1.73 bits per heavy atom. The smallest absolute Gasteiger partial charge is 0.224 e. The number of rotatable bonds is 7. The lowest BCUT2D eigenvalue weighted by Crippen LogP contribution is -2.43. The molecule has 1 rings (SSSR count). The van der Waals surface area contributed by atoms with E-state index in [1.165, 1.54) is 38.9 Å². The van der Waals surface area contributed by atoms with Gasteiger partial charge in [0.15, 0.2) is 0 Å². The standard InChI is InChI=1S/C16H33N3O.2ClH/c1-12(2)5-8-19-9-6-15(7-10-19)11-18-16(20)13(3)14(4)17;;/h12-15H,5-11,17H2,1-4H3,(H,18,20);2*1H. The molecule has 22 heavy (non-hydrogen) atoms. The first kappa shape index (κ1) is 24.2. The molecule has 0 aromatic rings. The molecule has 0 aromatic heterocycles. The quantitative estimate of drug-likeness (QED) is 0.737. The number of piperidine rings is 1. The van der Waals surface area contributed by atoms with Crippen molar-refractivity contribution in [1.82, 2.24) is 10.2 Å². The van der Waals surface area contributed by atoms with Crippen molar-refractivity contribution < 1.29 is 4.79 Å². The lowest BCUT2D eigenvalue weighted by Gasteiger charge is -2.32. The molecular formula is C16H35Cl2N3O. The van der Waals surface area contributed by atoms with Crippen LogP contribution in [0.4, 0.5) is 0 Å². The van der Waals surface area contributed by atoms with E-state index in [1.807, 2.05) is 13.8 Å². The Balaban J connectivity index is 0. The van der Waals surface area contributed by atoms with Gasteiger partial charge < -0.3 is 16.0 Å². The SMILES string of the molecule is CC(C)CCN1CCC(CNC(=O)C(C)C(C)N)CC1.Cl.Cl. The van der Waals surface area contributed by atoms with E-state index in [2.05, 4.69) is 24.1 Å². The maximum absolute atomic E-state index is 11.9. The number of nitrogens with one attached hydrogen (secondary N) is 1. The number of amides is 1. The minimum atomic E-state index is -0.0962. The Labute approximate surface area is 148 Å². The molecule has 0 aliphatic carbocycles. The van der Waals surface area contributed by atoms with Crippen molar-refractivity contribution in [3.05, 3.63) is 0 Å². The highest BCUT2D eigenvalue weighted by molar-refractivity contribution is 5.85. The third-order valence-electron chi connectivity index (χ3n) is 4.50. The second kappa shape index (κ2) is 12.4. The number of nitrogens with zero attached hydrogens (tertiary/aromatic N) is 1. The van der Waals surface area contributed by atoms with Crippen molar-refractivity contribution >= 4 is 30.7 Å². The second-order valence-electron chi connectivity index (χ2n) is 6.86. The topological polar surface area (TPSA) is 58.4 Å². The number of hydrogen-bond donors (Lipinski definition) is 2. The summed E-state index contributed by atoms with van der Waals surface area (Å²) in [5, 5.41) is 3.06. The highest BCUT2D eigenvalue weighted by Crippen LogP contribution is 2.17. The highest BCUT2D eigenvalue weighted by Gasteiger charge is 2.21. The van der Waals surface area contributed by atoms with Crippen LogP contribution in [-0.2, 0) is 4.79 Å². The Morgan fingerprint density at radius 1 is 1.18 bits per heavy atom. The van der Waals surface area contributed by atoms with Crippen LogP contribution in [0.1, 0.15) is 47.0 Å². The number of carbonyl (C=O) groups is 1. The largest absolute Gasteiger partial charge is 0.356 e. The normalized spacial score (nSPS) is 19.0. The highest BCUT2D eigenvalue weighted by atomic mass is 35.5. The van der Waals surface area contributed by atoms with Gasteiger partial charge in [-0.1, -0.05) is 20.8 Å². The molecule has 0 spiro atoms. The second-order valence-corrected chi connectivity index (χ2v) is 6.86. The molecule has 134 valence electrons. The van der Waals surface area contributed by atoms with Gasteiger partial charge in [-0.3, -0.25) is 4.79 Å². The molecule has 1 aliphatic heterocycles. The molecule has 6 heteroatoms. The Kier molecular flexibility index (Phi) is 13.7. The molecule has 1 fully saturated rings. The van der Waals surface area contributed by atoms with Crippen molar-refractivity contribution in [1.29, 1.82) is 0 Å². The zero-order valence-corrected chi connectivity index (χ0v) is 16.1. The van der Waals surface area contributed by atoms with E-state index >= 15 is 0 Å². The fourth-order valence-electron chi connectivity index (χ4n) is 2.50. The maximum Gasteiger partial charge on any atom is 0.224 e. The van der Waals surface area contributed by atoms with Crippen molar-refractivity contribution in [2.45, 2.75) is 53.0 Å². The molecule has 1 saturated heterocycles. The predicted octanol–water partition coefficient (Wildman–Crippen LogP) is 2.69. The van der Waals surface area contributed by atoms with Crippen molar-refractivity contribution in [2.75, 3.05) is 26.2 Å². The average molecular weight is 356 g/mol. The summed E-state index contributed by atoms with van der Waals surface area (Å²) in [5.41, 5.74) is 5.75. The van der Waals surface area contributed by atoms with Crippen molar-refractivity contribution in [3.8, 4) is 0 Å². The lowest BCUT2D eigenvalue weighted by atomic mass is 9.95. The third kappa shape index (κ3) is 9.19. The summed E-state index contributed by atoms with van der Waals surface area (Å²) >= 11 is 0. The van der Waals surface area contributed by atoms with Crippen molar-refractivity contribution in [3.63, 3.8) is 0 Å². The summed E-state index contributed by atoms with van der Waals surface area (Å²) in [7, 11) is 0. The number of likely N-dealkylation sites (tertiary alicyclic amines) is 1. The minimum absolute atomic E-state index is 0. The van der Waals surface area contributed by atoms with Crippen LogP contribution >= 0.6 is 24.8 Å². The van der Waals surface area contributed by atoms with Gasteiger partial charge in [0.25, 0.3) is 0 Å². The summed E-state index contributed by atoms with van der Waals surface area (Å²) in [6, 6.07) is -0.0760. The maximum atomic E-state index is 11.9. The molecule has 3 N–H and O–H groups in total. The van der Waals surface area contributed by atoms with Crippen LogP contribution in [-0.4, -0.2) is 43.0 Å². The van der Waals surface area contributed by atoms with Crippen LogP contribution in [0.5, 0.6) is 0 Å². The lowest BCUT2D eigenvalue weighted by molar-refractivity contribution is -0.125. The number of nitrogens with two attached hydrogens (primary N) is 1. The summed E-state index contributed by atoms with van der Waals surface area (Å²) < 4.78 is 0. The first-order chi connectivity index (χ1) is 9.40. The van der Waals surface area contributed by atoms with Crippen LogP contribution < -0.4 is 11.1 Å².